The van der Waals surface area contributed by atoms with Crippen LogP contribution < -0.4 is 5.73 Å². The summed E-state index contributed by atoms with van der Waals surface area (Å²) in [4.78, 5) is 10.6. The van der Waals surface area contributed by atoms with Crippen molar-refractivity contribution in [1.82, 2.24) is 0 Å². The van der Waals surface area contributed by atoms with Gasteiger partial charge in [-0.25, -0.2) is 4.21 Å². The van der Waals surface area contributed by atoms with Crippen molar-refractivity contribution >= 4 is 15.6 Å². The lowest BCUT2D eigenvalue weighted by Crippen LogP contribution is -2.07. The van der Waals surface area contributed by atoms with Gasteiger partial charge >= 0.3 is 0 Å². The number of carbonyl (C=O) groups is 1. The predicted octanol–water partition coefficient (Wildman–Crippen LogP) is -0.411. The molecule has 10 heavy (non-hydrogen) atoms. The number of nitrogens with zero attached hydrogens (tertiary/aromatic N) is 1. The Hall–Kier alpha value is -0.420. The van der Waals surface area contributed by atoms with Gasteiger partial charge in [0.2, 0.25) is 0 Å². The van der Waals surface area contributed by atoms with Crippen molar-refractivity contribution in [2.24, 2.45) is 10.1 Å². The highest BCUT2D eigenvalue weighted by atomic mass is 32.2. The Labute approximate surface area is 61.0 Å². The molecule has 4 nitrogen and oxygen atoms in total. The van der Waals surface area contributed by atoms with Crippen molar-refractivity contribution in [2.45, 2.75) is 6.42 Å². The minimum Gasteiger partial charge on any atom is -0.330 e. The molecule has 0 bridgehead atoms. The Morgan fingerprint density at radius 3 is 2.40 bits per heavy atom. The number of amides is 1. The number of hydrogen-bond acceptors (Lipinski definition) is 3. The Kier molecular flexibility index (Phi) is 3.52. The summed E-state index contributed by atoms with van der Waals surface area (Å²) in [6.07, 6.45) is 3.02. The van der Waals surface area contributed by atoms with E-state index >= 15 is 0 Å². The molecule has 0 aromatic heterocycles. The van der Waals surface area contributed by atoms with Gasteiger partial charge in [0.05, 0.1) is 0 Å². The van der Waals surface area contributed by atoms with Gasteiger partial charge in [0.25, 0.3) is 5.91 Å². The van der Waals surface area contributed by atoms with Crippen LogP contribution in [0.15, 0.2) is 4.36 Å². The van der Waals surface area contributed by atoms with Gasteiger partial charge in [-0.3, -0.25) is 4.79 Å². The monoisotopic (exact) mass is 164 g/mol. The third-order valence-corrected chi connectivity index (χ3v) is 1.32. The summed E-state index contributed by atoms with van der Waals surface area (Å²) >= 11 is 0. The van der Waals surface area contributed by atoms with Crippen molar-refractivity contribution in [2.75, 3.05) is 19.1 Å². The molecule has 0 rings (SSSR count). The first-order valence-corrected chi connectivity index (χ1v) is 5.19. The molecule has 0 aliphatic rings. The molecule has 0 spiro atoms. The fourth-order valence-corrected chi connectivity index (χ4v) is 0.996. The maximum atomic E-state index is 10.8. The average molecular weight is 164 g/mol. The van der Waals surface area contributed by atoms with E-state index in [0.29, 0.717) is 0 Å². The molecule has 0 unspecified atom stereocenters. The van der Waals surface area contributed by atoms with Crippen molar-refractivity contribution in [3.63, 3.8) is 0 Å². The van der Waals surface area contributed by atoms with E-state index in [4.69, 9.17) is 5.73 Å². The molecule has 0 radical (unpaired) electrons. The normalized spacial score (nSPS) is 11.1. The zero-order valence-corrected chi connectivity index (χ0v) is 6.98. The second-order valence-electron chi connectivity index (χ2n) is 2.20. The Morgan fingerprint density at radius 2 is 2.10 bits per heavy atom. The number of nitrogens with two attached hydrogens (primary N) is 1. The fraction of sp³-hybridized carbons (Fsp3) is 0.800. The molecule has 0 fully saturated rings. The second-order valence-corrected chi connectivity index (χ2v) is 4.75. The van der Waals surface area contributed by atoms with Gasteiger partial charge in [-0.2, -0.15) is 4.36 Å². The van der Waals surface area contributed by atoms with E-state index in [1.165, 1.54) is 12.5 Å². The second kappa shape index (κ2) is 3.68. The first kappa shape index (κ1) is 9.58. The summed E-state index contributed by atoms with van der Waals surface area (Å²) in [6.45, 7) is 0.262. The van der Waals surface area contributed by atoms with Crippen molar-refractivity contribution in [3.8, 4) is 0 Å². The van der Waals surface area contributed by atoms with Crippen LogP contribution in [0.1, 0.15) is 6.42 Å². The SMILES string of the molecule is CS(C)(=O)=NC(=O)CCN. The predicted molar refractivity (Wildman–Crippen MR) is 41.1 cm³/mol. The Balaban J connectivity index is 4.16. The van der Waals surface area contributed by atoms with Gasteiger partial charge in [-0.05, 0) is 0 Å². The minimum absolute atomic E-state index is 0.179. The summed E-state index contributed by atoms with van der Waals surface area (Å²) in [6, 6.07) is 0. The van der Waals surface area contributed by atoms with Crippen LogP contribution in [0.3, 0.4) is 0 Å². The van der Waals surface area contributed by atoms with Crippen LogP contribution in [0.2, 0.25) is 0 Å². The lowest BCUT2D eigenvalue weighted by molar-refractivity contribution is -0.117. The van der Waals surface area contributed by atoms with E-state index in [-0.39, 0.29) is 18.9 Å². The van der Waals surface area contributed by atoms with E-state index < -0.39 is 9.73 Å². The van der Waals surface area contributed by atoms with E-state index in [2.05, 4.69) is 4.36 Å². The third kappa shape index (κ3) is 5.71. The first-order chi connectivity index (χ1) is 4.45. The van der Waals surface area contributed by atoms with Gasteiger partial charge in [0.1, 0.15) is 0 Å². The average Bonchev–Trinajstić information content (AvgIpc) is 1.59. The Bertz CT molecular complexity index is 220. The zero-order valence-electron chi connectivity index (χ0n) is 6.16. The largest absolute Gasteiger partial charge is 0.330 e. The van der Waals surface area contributed by atoms with E-state index in [1.807, 2.05) is 0 Å². The number of rotatable bonds is 2. The van der Waals surface area contributed by atoms with Crippen LogP contribution in [0, 0.1) is 0 Å². The summed E-state index contributed by atoms with van der Waals surface area (Å²) in [7, 11) is -2.28. The molecule has 0 saturated carbocycles. The molecule has 5 heteroatoms. The van der Waals surface area contributed by atoms with Gasteiger partial charge in [0, 0.05) is 35.2 Å². The van der Waals surface area contributed by atoms with Crippen LogP contribution >= 0.6 is 0 Å². The van der Waals surface area contributed by atoms with Crippen LogP contribution in [-0.4, -0.2) is 29.2 Å². The van der Waals surface area contributed by atoms with Gasteiger partial charge in [-0.15, -0.1) is 0 Å². The quantitative estimate of drug-likeness (QED) is 0.603. The highest BCUT2D eigenvalue weighted by Crippen LogP contribution is 1.88. The summed E-state index contributed by atoms with van der Waals surface area (Å²) < 4.78 is 14.3. The van der Waals surface area contributed by atoms with Crippen LogP contribution in [0.25, 0.3) is 0 Å². The summed E-state index contributed by atoms with van der Waals surface area (Å²) in [5.41, 5.74) is 5.07. The first-order valence-electron chi connectivity index (χ1n) is 2.86. The molecule has 0 aliphatic carbocycles. The topological polar surface area (TPSA) is 72.5 Å². The van der Waals surface area contributed by atoms with E-state index in [9.17, 15) is 9.00 Å². The molecule has 2 N–H and O–H groups in total. The maximum Gasteiger partial charge on any atom is 0.255 e. The van der Waals surface area contributed by atoms with Crippen molar-refractivity contribution in [3.05, 3.63) is 0 Å². The standard InChI is InChI=1S/C5H12N2O2S/c1-10(2,9)7-5(8)3-4-6/h3-4,6H2,1-2H3. The lowest BCUT2D eigenvalue weighted by Gasteiger charge is -1.92. The van der Waals surface area contributed by atoms with Crippen LogP contribution in [0.4, 0.5) is 0 Å². The molecular formula is C5H12N2O2S. The molecule has 0 aliphatic heterocycles. The van der Waals surface area contributed by atoms with Crippen molar-refractivity contribution < 1.29 is 9.00 Å². The summed E-state index contributed by atoms with van der Waals surface area (Å²) in [5.74, 6) is -0.377. The molecule has 0 aromatic carbocycles. The van der Waals surface area contributed by atoms with Crippen LogP contribution in [-0.2, 0) is 14.5 Å². The van der Waals surface area contributed by atoms with Crippen LogP contribution in [0.5, 0.6) is 0 Å². The highest BCUT2D eigenvalue weighted by Gasteiger charge is 1.98. The van der Waals surface area contributed by atoms with Crippen molar-refractivity contribution in [1.29, 1.82) is 0 Å². The smallest absolute Gasteiger partial charge is 0.255 e. The highest BCUT2D eigenvalue weighted by molar-refractivity contribution is 7.92. The minimum atomic E-state index is -2.28. The number of hydrogen-bond donors (Lipinski definition) is 1. The zero-order chi connectivity index (χ0) is 8.20. The number of carbonyl (C=O) groups excluding carboxylic acids is 1. The summed E-state index contributed by atoms with van der Waals surface area (Å²) in [5, 5.41) is 0. The Morgan fingerprint density at radius 1 is 1.60 bits per heavy atom. The lowest BCUT2D eigenvalue weighted by atomic mass is 10.4. The van der Waals surface area contributed by atoms with Gasteiger partial charge in [0.15, 0.2) is 0 Å². The molecule has 0 saturated heterocycles. The molecule has 0 aromatic rings. The molecule has 0 heterocycles. The molecule has 0 atom stereocenters. The maximum absolute atomic E-state index is 10.8. The third-order valence-electron chi connectivity index (χ3n) is 0.680. The molecule has 60 valence electrons. The van der Waals surface area contributed by atoms with Gasteiger partial charge in [-0.1, -0.05) is 0 Å². The molecule has 1 amide bonds. The van der Waals surface area contributed by atoms with E-state index in [0.717, 1.165) is 0 Å². The molecular weight excluding hydrogens is 152 g/mol. The van der Waals surface area contributed by atoms with Gasteiger partial charge < -0.3 is 5.73 Å². The van der Waals surface area contributed by atoms with E-state index in [1.54, 1.807) is 0 Å². The fourth-order valence-electron chi connectivity index (χ4n) is 0.414.